The van der Waals surface area contributed by atoms with Crippen molar-refractivity contribution >= 4 is 17.3 Å². The fourth-order valence-electron chi connectivity index (χ4n) is 1.96. The van der Waals surface area contributed by atoms with Gasteiger partial charge in [0.1, 0.15) is 0 Å². The number of β-amino-alcohol motifs (C(OH)–C–C–N with tert-alkyl or cyclic N) is 1. The van der Waals surface area contributed by atoms with Crippen molar-refractivity contribution in [2.45, 2.75) is 12.5 Å². The highest BCUT2D eigenvalue weighted by Crippen LogP contribution is 2.26. The maximum atomic E-state index is 11.1. The van der Waals surface area contributed by atoms with Crippen molar-refractivity contribution < 1.29 is 15.0 Å². The van der Waals surface area contributed by atoms with E-state index in [2.05, 4.69) is 0 Å². The number of carboxylic acids is 1. The summed E-state index contributed by atoms with van der Waals surface area (Å²) < 4.78 is 0. The molecule has 0 spiro atoms. The summed E-state index contributed by atoms with van der Waals surface area (Å²) in [4.78, 5) is 12.9. The predicted molar refractivity (Wildman–Crippen MR) is 60.7 cm³/mol. The summed E-state index contributed by atoms with van der Waals surface area (Å²) >= 11 is 0. The highest BCUT2D eigenvalue weighted by molar-refractivity contribution is 5.95. The third-order valence-corrected chi connectivity index (χ3v) is 2.76. The molecule has 0 aliphatic carbocycles. The van der Waals surface area contributed by atoms with Crippen LogP contribution in [0, 0.1) is 0 Å². The molecular formula is C11H14N2O3. The Morgan fingerprint density at radius 3 is 2.81 bits per heavy atom. The first-order valence-corrected chi connectivity index (χ1v) is 5.14. The molecule has 5 heteroatoms. The van der Waals surface area contributed by atoms with Gasteiger partial charge in [-0.2, -0.15) is 0 Å². The molecule has 1 heterocycles. The highest BCUT2D eigenvalue weighted by Gasteiger charge is 2.24. The monoisotopic (exact) mass is 222 g/mol. The fraction of sp³-hybridized carbons (Fsp3) is 0.364. The first-order valence-electron chi connectivity index (χ1n) is 5.14. The Hall–Kier alpha value is -1.75. The molecule has 0 radical (unpaired) electrons. The lowest BCUT2D eigenvalue weighted by Crippen LogP contribution is -2.23. The lowest BCUT2D eigenvalue weighted by Gasteiger charge is -2.20. The van der Waals surface area contributed by atoms with E-state index in [0.717, 1.165) is 0 Å². The quantitative estimate of drug-likeness (QED) is 0.636. The van der Waals surface area contributed by atoms with Crippen molar-refractivity contribution in [2.24, 2.45) is 0 Å². The minimum absolute atomic E-state index is 0.189. The molecule has 1 aliphatic rings. The topological polar surface area (TPSA) is 86.8 Å². The second-order valence-electron chi connectivity index (χ2n) is 3.97. The largest absolute Gasteiger partial charge is 0.478 e. The van der Waals surface area contributed by atoms with Crippen LogP contribution in [0.3, 0.4) is 0 Å². The number of nitrogen functional groups attached to an aromatic ring is 1. The maximum Gasteiger partial charge on any atom is 0.337 e. The van der Waals surface area contributed by atoms with Crippen LogP contribution in [0.2, 0.25) is 0 Å². The van der Waals surface area contributed by atoms with Crippen molar-refractivity contribution in [3.05, 3.63) is 23.8 Å². The van der Waals surface area contributed by atoms with Crippen LogP contribution in [-0.4, -0.2) is 35.4 Å². The zero-order valence-corrected chi connectivity index (χ0v) is 8.76. The van der Waals surface area contributed by atoms with E-state index in [1.807, 2.05) is 4.90 Å². The lowest BCUT2D eigenvalue weighted by atomic mass is 10.1. The second kappa shape index (κ2) is 4.02. The van der Waals surface area contributed by atoms with Crippen LogP contribution >= 0.6 is 0 Å². The van der Waals surface area contributed by atoms with E-state index < -0.39 is 5.97 Å². The number of benzene rings is 1. The van der Waals surface area contributed by atoms with Gasteiger partial charge in [-0.1, -0.05) is 0 Å². The number of hydrogen-bond donors (Lipinski definition) is 3. The number of hydrogen-bond acceptors (Lipinski definition) is 4. The Kier molecular flexibility index (Phi) is 2.70. The average molecular weight is 222 g/mol. The molecule has 1 aromatic carbocycles. The Labute approximate surface area is 93.1 Å². The Morgan fingerprint density at radius 2 is 2.25 bits per heavy atom. The molecule has 1 saturated heterocycles. The van der Waals surface area contributed by atoms with E-state index in [4.69, 9.17) is 10.8 Å². The number of aliphatic hydroxyl groups excluding tert-OH is 1. The number of aliphatic hydroxyl groups is 1. The van der Waals surface area contributed by atoms with Gasteiger partial charge in [0.15, 0.2) is 0 Å². The van der Waals surface area contributed by atoms with Gasteiger partial charge >= 0.3 is 5.97 Å². The fourth-order valence-corrected chi connectivity index (χ4v) is 1.96. The molecule has 2 rings (SSSR count). The molecule has 0 aromatic heterocycles. The van der Waals surface area contributed by atoms with Crippen LogP contribution in [0.25, 0.3) is 0 Å². The van der Waals surface area contributed by atoms with Crippen molar-refractivity contribution in [1.29, 1.82) is 0 Å². The van der Waals surface area contributed by atoms with Gasteiger partial charge in [0, 0.05) is 18.8 Å². The van der Waals surface area contributed by atoms with Gasteiger partial charge in [0.05, 0.1) is 17.4 Å². The minimum atomic E-state index is -0.997. The smallest absolute Gasteiger partial charge is 0.337 e. The summed E-state index contributed by atoms with van der Waals surface area (Å²) in [6.07, 6.45) is 0.294. The zero-order valence-electron chi connectivity index (χ0n) is 8.76. The van der Waals surface area contributed by atoms with Gasteiger partial charge in [-0.15, -0.1) is 0 Å². The van der Waals surface area contributed by atoms with Crippen LogP contribution in [-0.2, 0) is 0 Å². The third kappa shape index (κ3) is 1.94. The Balaban J connectivity index is 2.36. The van der Waals surface area contributed by atoms with Gasteiger partial charge in [0.2, 0.25) is 0 Å². The molecule has 0 bridgehead atoms. The van der Waals surface area contributed by atoms with Gasteiger partial charge in [-0.3, -0.25) is 0 Å². The minimum Gasteiger partial charge on any atom is -0.478 e. The molecule has 1 unspecified atom stereocenters. The van der Waals surface area contributed by atoms with Crippen molar-refractivity contribution in [2.75, 3.05) is 23.7 Å². The van der Waals surface area contributed by atoms with Gasteiger partial charge in [0.25, 0.3) is 0 Å². The molecule has 5 nitrogen and oxygen atoms in total. The summed E-state index contributed by atoms with van der Waals surface area (Å²) in [7, 11) is 0. The van der Waals surface area contributed by atoms with E-state index >= 15 is 0 Å². The summed E-state index contributed by atoms with van der Waals surface area (Å²) in [5, 5.41) is 18.5. The van der Waals surface area contributed by atoms with Crippen molar-refractivity contribution in [3.63, 3.8) is 0 Å². The van der Waals surface area contributed by atoms with Crippen molar-refractivity contribution in [1.82, 2.24) is 0 Å². The Morgan fingerprint density at radius 1 is 1.50 bits per heavy atom. The normalized spacial score (nSPS) is 20.1. The summed E-state index contributed by atoms with van der Waals surface area (Å²) in [5.41, 5.74) is 6.80. The van der Waals surface area contributed by atoms with Gasteiger partial charge in [-0.25, -0.2) is 4.79 Å². The van der Waals surface area contributed by atoms with Crippen LogP contribution in [0.4, 0.5) is 11.4 Å². The molecule has 4 N–H and O–H groups in total. The first-order chi connectivity index (χ1) is 7.58. The molecule has 1 aliphatic heterocycles. The van der Waals surface area contributed by atoms with E-state index in [1.165, 1.54) is 6.07 Å². The zero-order chi connectivity index (χ0) is 11.7. The van der Waals surface area contributed by atoms with E-state index in [-0.39, 0.29) is 11.7 Å². The number of aromatic carboxylic acids is 1. The van der Waals surface area contributed by atoms with Crippen LogP contribution in [0.5, 0.6) is 0 Å². The summed E-state index contributed by atoms with van der Waals surface area (Å²) in [6.45, 7) is 1.15. The number of anilines is 2. The third-order valence-electron chi connectivity index (χ3n) is 2.76. The maximum absolute atomic E-state index is 11.1. The number of carbonyl (C=O) groups is 1. The SMILES string of the molecule is Nc1ccc(N2CCC(O)C2)c(C(=O)O)c1. The van der Waals surface area contributed by atoms with Crippen molar-refractivity contribution in [3.8, 4) is 0 Å². The molecule has 0 saturated carbocycles. The summed E-state index contributed by atoms with van der Waals surface area (Å²) in [5.74, 6) is -0.997. The standard InChI is InChI=1S/C11H14N2O3/c12-7-1-2-10(9(5-7)11(15)16)13-4-3-8(14)6-13/h1-2,5,8,14H,3-4,6,12H2,(H,15,16). The number of nitrogens with zero attached hydrogens (tertiary/aromatic N) is 1. The van der Waals surface area contributed by atoms with Gasteiger partial charge < -0.3 is 20.8 Å². The number of nitrogens with two attached hydrogens (primary N) is 1. The molecule has 1 atom stereocenters. The molecule has 0 amide bonds. The van der Waals surface area contributed by atoms with Crippen LogP contribution < -0.4 is 10.6 Å². The van der Waals surface area contributed by atoms with Crippen LogP contribution in [0.1, 0.15) is 16.8 Å². The van der Waals surface area contributed by atoms with E-state index in [1.54, 1.807) is 12.1 Å². The molecule has 1 aromatic rings. The predicted octanol–water partition coefficient (Wildman–Crippen LogP) is 0.538. The summed E-state index contributed by atoms with van der Waals surface area (Å²) in [6, 6.07) is 4.81. The first kappa shape index (κ1) is 10.8. The Bertz CT molecular complexity index is 420. The number of carboxylic acid groups (broad SMARTS) is 1. The average Bonchev–Trinajstić information content (AvgIpc) is 2.64. The molecular weight excluding hydrogens is 208 g/mol. The second-order valence-corrected chi connectivity index (χ2v) is 3.97. The molecule has 16 heavy (non-hydrogen) atoms. The van der Waals surface area contributed by atoms with E-state index in [0.29, 0.717) is 30.9 Å². The van der Waals surface area contributed by atoms with Crippen LogP contribution in [0.15, 0.2) is 18.2 Å². The lowest BCUT2D eigenvalue weighted by molar-refractivity contribution is 0.0697. The number of rotatable bonds is 2. The molecule has 1 fully saturated rings. The van der Waals surface area contributed by atoms with Gasteiger partial charge in [-0.05, 0) is 24.6 Å². The molecule has 86 valence electrons. The highest BCUT2D eigenvalue weighted by atomic mass is 16.4. The van der Waals surface area contributed by atoms with E-state index in [9.17, 15) is 9.90 Å².